The minimum absolute atomic E-state index is 0.0979. The molecule has 31 heavy (non-hydrogen) atoms. The van der Waals surface area contributed by atoms with Gasteiger partial charge in [0.2, 0.25) is 0 Å². The van der Waals surface area contributed by atoms with E-state index in [-0.39, 0.29) is 18.1 Å². The monoisotopic (exact) mass is 536 g/mol. The molecule has 0 saturated carbocycles. The summed E-state index contributed by atoms with van der Waals surface area (Å²) in [7, 11) is 0. The zero-order valence-corrected chi connectivity index (χ0v) is 18.6. The van der Waals surface area contributed by atoms with Crippen molar-refractivity contribution in [1.29, 1.82) is 0 Å². The molecule has 10 heteroatoms. The van der Waals surface area contributed by atoms with Crippen LogP contribution in [0.4, 0.5) is 15.9 Å². The van der Waals surface area contributed by atoms with Crippen molar-refractivity contribution < 1.29 is 18.8 Å². The van der Waals surface area contributed by atoms with Crippen LogP contribution in [0.2, 0.25) is 0 Å². The fourth-order valence-corrected chi connectivity index (χ4v) is 3.36. The summed E-state index contributed by atoms with van der Waals surface area (Å²) in [4.78, 5) is 14.1. The van der Waals surface area contributed by atoms with Crippen molar-refractivity contribution >= 4 is 40.3 Å². The van der Waals surface area contributed by atoms with Gasteiger partial charge in [-0.05, 0) is 71.0 Å². The van der Waals surface area contributed by atoms with Gasteiger partial charge in [-0.2, -0.15) is 5.10 Å². The highest BCUT2D eigenvalue weighted by atomic mass is 127. The normalized spacial score (nSPS) is 10.8. The van der Waals surface area contributed by atoms with Crippen LogP contribution in [0.15, 0.2) is 59.8 Å². The number of benzene rings is 2. The SMILES string of the molecule is CCOc1cc(/C=N/Nc2ccc([N+](=O)[O-])cn2)cc(I)c1OCc1cccc(F)c1. The van der Waals surface area contributed by atoms with Gasteiger partial charge in [-0.25, -0.2) is 9.37 Å². The lowest BCUT2D eigenvalue weighted by Crippen LogP contribution is -2.03. The number of rotatable bonds is 9. The lowest BCUT2D eigenvalue weighted by molar-refractivity contribution is -0.385. The molecule has 2 aromatic carbocycles. The molecule has 1 aromatic heterocycles. The first-order valence-corrected chi connectivity index (χ1v) is 10.3. The highest BCUT2D eigenvalue weighted by Crippen LogP contribution is 2.34. The van der Waals surface area contributed by atoms with E-state index in [1.807, 2.05) is 13.0 Å². The van der Waals surface area contributed by atoms with Crippen LogP contribution < -0.4 is 14.9 Å². The summed E-state index contributed by atoms with van der Waals surface area (Å²) >= 11 is 2.14. The number of nitrogens with zero attached hydrogens (tertiary/aromatic N) is 3. The van der Waals surface area contributed by atoms with Crippen LogP contribution in [0.5, 0.6) is 11.5 Å². The molecule has 0 spiro atoms. The number of pyridine rings is 1. The maximum Gasteiger partial charge on any atom is 0.287 e. The Bertz CT molecular complexity index is 1090. The largest absolute Gasteiger partial charge is 0.490 e. The van der Waals surface area contributed by atoms with Gasteiger partial charge in [-0.3, -0.25) is 15.5 Å². The van der Waals surface area contributed by atoms with Gasteiger partial charge in [0.05, 0.1) is 21.3 Å². The number of hydrogen-bond donors (Lipinski definition) is 1. The Labute approximate surface area is 191 Å². The van der Waals surface area contributed by atoms with Gasteiger partial charge >= 0.3 is 0 Å². The summed E-state index contributed by atoms with van der Waals surface area (Å²) in [5.41, 5.74) is 4.09. The van der Waals surface area contributed by atoms with E-state index in [4.69, 9.17) is 9.47 Å². The molecule has 0 fully saturated rings. The standard InChI is InChI=1S/C21H18FIN4O4/c1-2-30-19-10-15(11-25-26-20-7-6-17(12-24-20)27(28)29)9-18(23)21(19)31-13-14-4-3-5-16(22)8-14/h3-12H,2,13H2,1H3,(H,24,26)/b25-11+. The van der Waals surface area contributed by atoms with Crippen molar-refractivity contribution in [1.82, 2.24) is 4.98 Å². The predicted molar refractivity (Wildman–Crippen MR) is 123 cm³/mol. The van der Waals surface area contributed by atoms with E-state index in [1.165, 1.54) is 24.3 Å². The highest BCUT2D eigenvalue weighted by Gasteiger charge is 2.12. The minimum atomic E-state index is -0.519. The zero-order chi connectivity index (χ0) is 22.2. The topological polar surface area (TPSA) is 98.9 Å². The van der Waals surface area contributed by atoms with Crippen LogP contribution in [-0.2, 0) is 6.61 Å². The summed E-state index contributed by atoms with van der Waals surface area (Å²) in [6.07, 6.45) is 2.73. The van der Waals surface area contributed by atoms with Crippen molar-refractivity contribution in [2.45, 2.75) is 13.5 Å². The number of ether oxygens (including phenoxy) is 2. The molecule has 8 nitrogen and oxygen atoms in total. The van der Waals surface area contributed by atoms with Crippen LogP contribution >= 0.6 is 22.6 Å². The smallest absolute Gasteiger partial charge is 0.287 e. The number of hydrogen-bond acceptors (Lipinski definition) is 7. The van der Waals surface area contributed by atoms with E-state index in [1.54, 1.807) is 24.4 Å². The molecule has 1 heterocycles. The van der Waals surface area contributed by atoms with Crippen LogP contribution in [0, 0.1) is 19.5 Å². The van der Waals surface area contributed by atoms with Crippen molar-refractivity contribution in [2.75, 3.05) is 12.0 Å². The maximum absolute atomic E-state index is 13.4. The third kappa shape index (κ3) is 6.35. The molecule has 0 amide bonds. The average molecular weight is 536 g/mol. The maximum atomic E-state index is 13.4. The van der Waals surface area contributed by atoms with E-state index in [0.717, 1.165) is 15.3 Å². The van der Waals surface area contributed by atoms with Crippen molar-refractivity contribution in [3.8, 4) is 11.5 Å². The fourth-order valence-electron chi connectivity index (χ4n) is 2.58. The van der Waals surface area contributed by atoms with Gasteiger partial charge in [0.25, 0.3) is 5.69 Å². The summed E-state index contributed by atoms with van der Waals surface area (Å²) in [5.74, 6) is 1.16. The molecule has 0 aliphatic heterocycles. The molecular weight excluding hydrogens is 518 g/mol. The molecule has 0 aliphatic rings. The average Bonchev–Trinajstić information content (AvgIpc) is 2.74. The van der Waals surface area contributed by atoms with E-state index in [2.05, 4.69) is 38.1 Å². The third-order valence-electron chi connectivity index (χ3n) is 3.96. The number of aromatic nitrogens is 1. The molecule has 160 valence electrons. The van der Waals surface area contributed by atoms with Gasteiger partial charge in [0.1, 0.15) is 24.4 Å². The number of anilines is 1. The summed E-state index contributed by atoms with van der Waals surface area (Å²) < 4.78 is 25.8. The lowest BCUT2D eigenvalue weighted by atomic mass is 10.2. The summed E-state index contributed by atoms with van der Waals surface area (Å²) in [5, 5.41) is 14.8. The Morgan fingerprint density at radius 2 is 2.10 bits per heavy atom. The fraction of sp³-hybridized carbons (Fsp3) is 0.143. The number of nitro groups is 1. The third-order valence-corrected chi connectivity index (χ3v) is 4.76. The van der Waals surface area contributed by atoms with E-state index >= 15 is 0 Å². The van der Waals surface area contributed by atoms with Gasteiger partial charge in [-0.15, -0.1) is 0 Å². The molecular formula is C21H18FIN4O4. The number of nitrogens with one attached hydrogen (secondary N) is 1. The predicted octanol–water partition coefficient (Wildman–Crippen LogP) is 5.16. The Hall–Kier alpha value is -3.28. The zero-order valence-electron chi connectivity index (χ0n) is 16.4. The summed E-state index contributed by atoms with van der Waals surface area (Å²) in [6, 6.07) is 12.7. The van der Waals surface area contributed by atoms with Crippen molar-refractivity contribution in [2.24, 2.45) is 5.10 Å². The summed E-state index contributed by atoms with van der Waals surface area (Å²) in [6.45, 7) is 2.51. The van der Waals surface area contributed by atoms with Gasteiger partial charge in [-0.1, -0.05) is 12.1 Å². The van der Waals surface area contributed by atoms with Gasteiger partial charge in [0.15, 0.2) is 11.5 Å². The first kappa shape index (κ1) is 22.4. The van der Waals surface area contributed by atoms with Crippen molar-refractivity contribution in [3.63, 3.8) is 0 Å². The second-order valence-electron chi connectivity index (χ2n) is 6.21. The second-order valence-corrected chi connectivity index (χ2v) is 7.37. The first-order chi connectivity index (χ1) is 15.0. The molecule has 0 unspecified atom stereocenters. The number of halogens is 2. The molecule has 1 N–H and O–H groups in total. The quantitative estimate of drug-likeness (QED) is 0.176. The highest BCUT2D eigenvalue weighted by molar-refractivity contribution is 14.1. The van der Waals surface area contributed by atoms with E-state index in [9.17, 15) is 14.5 Å². The lowest BCUT2D eigenvalue weighted by Gasteiger charge is -2.14. The molecule has 0 bridgehead atoms. The molecule has 0 radical (unpaired) electrons. The molecule has 0 atom stereocenters. The Balaban J connectivity index is 1.72. The molecule has 3 rings (SSSR count). The van der Waals surface area contributed by atoms with E-state index in [0.29, 0.717) is 29.5 Å². The van der Waals surface area contributed by atoms with Crippen LogP contribution in [-0.4, -0.2) is 22.7 Å². The van der Waals surface area contributed by atoms with Crippen molar-refractivity contribution in [3.05, 3.63) is 85.4 Å². The first-order valence-electron chi connectivity index (χ1n) is 9.19. The molecule has 0 aliphatic carbocycles. The van der Waals surface area contributed by atoms with Gasteiger partial charge in [0, 0.05) is 6.07 Å². The Morgan fingerprint density at radius 1 is 1.26 bits per heavy atom. The number of hydrazone groups is 1. The second kappa shape index (κ2) is 10.7. The van der Waals surface area contributed by atoms with Crippen LogP contribution in [0.25, 0.3) is 0 Å². The Kier molecular flexibility index (Phi) is 7.70. The van der Waals surface area contributed by atoms with Crippen LogP contribution in [0.1, 0.15) is 18.1 Å². The molecule has 3 aromatic rings. The minimum Gasteiger partial charge on any atom is -0.490 e. The molecule has 0 saturated heterocycles. The van der Waals surface area contributed by atoms with Crippen LogP contribution in [0.3, 0.4) is 0 Å². The van der Waals surface area contributed by atoms with Gasteiger partial charge < -0.3 is 9.47 Å². The van der Waals surface area contributed by atoms with E-state index < -0.39 is 4.92 Å². The Morgan fingerprint density at radius 3 is 2.77 bits per heavy atom.